The number of hydrogen-bond acceptors (Lipinski definition) is 7. The van der Waals surface area contributed by atoms with E-state index in [1.54, 1.807) is 28.8 Å². The molecule has 0 radical (unpaired) electrons. The Balaban J connectivity index is 1.47. The molecule has 0 N–H and O–H groups in total. The number of fused-ring (bicyclic) bond motifs is 1. The van der Waals surface area contributed by atoms with E-state index < -0.39 is 22.0 Å². The molecule has 28 heavy (non-hydrogen) atoms. The molecule has 0 aliphatic carbocycles. The van der Waals surface area contributed by atoms with Crippen molar-refractivity contribution in [1.82, 2.24) is 9.21 Å². The van der Waals surface area contributed by atoms with Crippen molar-refractivity contribution in [3.05, 3.63) is 24.3 Å². The predicted octanol–water partition coefficient (Wildman–Crippen LogP) is 1.31. The maximum Gasteiger partial charge on any atom is 0.329 e. The second-order valence-corrected chi connectivity index (χ2v) is 10.7. The number of amides is 1. The Morgan fingerprint density at radius 2 is 1.96 bits per heavy atom. The van der Waals surface area contributed by atoms with Crippen LogP contribution in [0.5, 0.6) is 5.75 Å². The Morgan fingerprint density at radius 3 is 2.61 bits per heavy atom. The first-order valence-electron chi connectivity index (χ1n) is 8.93. The van der Waals surface area contributed by atoms with Gasteiger partial charge in [0.2, 0.25) is 15.9 Å². The molecule has 154 valence electrons. The molecule has 2 aliphatic rings. The molecule has 1 aromatic carbocycles. The molecular formula is C18H24N2O6S2. The van der Waals surface area contributed by atoms with Crippen molar-refractivity contribution in [2.45, 2.75) is 35.6 Å². The molecule has 2 saturated heterocycles. The van der Waals surface area contributed by atoms with Gasteiger partial charge in [-0.05, 0) is 37.6 Å². The van der Waals surface area contributed by atoms with E-state index in [0.717, 1.165) is 10.7 Å². The van der Waals surface area contributed by atoms with Crippen LogP contribution in [0.1, 0.15) is 19.8 Å². The second-order valence-electron chi connectivity index (χ2n) is 7.04. The predicted molar refractivity (Wildman–Crippen MR) is 104 cm³/mol. The number of nitrogens with zero attached hydrogens (tertiary/aromatic N) is 2. The average Bonchev–Trinajstić information content (AvgIpc) is 3.15. The van der Waals surface area contributed by atoms with Gasteiger partial charge in [0, 0.05) is 26.3 Å². The molecule has 2 heterocycles. The first-order valence-corrected chi connectivity index (χ1v) is 11.4. The van der Waals surface area contributed by atoms with Crippen molar-refractivity contribution in [2.75, 3.05) is 33.1 Å². The molecule has 8 nitrogen and oxygen atoms in total. The van der Waals surface area contributed by atoms with Gasteiger partial charge in [-0.2, -0.15) is 0 Å². The van der Waals surface area contributed by atoms with Gasteiger partial charge in [0.25, 0.3) is 0 Å². The summed E-state index contributed by atoms with van der Waals surface area (Å²) in [6, 6.07) is 5.50. The fourth-order valence-electron chi connectivity index (χ4n) is 3.31. The number of sulfonamides is 1. The van der Waals surface area contributed by atoms with Crippen molar-refractivity contribution >= 4 is 33.7 Å². The minimum Gasteiger partial charge on any atom is -0.490 e. The van der Waals surface area contributed by atoms with Gasteiger partial charge in [-0.25, -0.2) is 17.5 Å². The van der Waals surface area contributed by atoms with Gasteiger partial charge in [0.15, 0.2) is 0 Å². The van der Waals surface area contributed by atoms with Crippen LogP contribution in [0.4, 0.5) is 0 Å². The van der Waals surface area contributed by atoms with E-state index in [0.29, 0.717) is 17.9 Å². The molecule has 10 heteroatoms. The van der Waals surface area contributed by atoms with Gasteiger partial charge >= 0.3 is 5.97 Å². The smallest absolute Gasteiger partial charge is 0.329 e. The quantitative estimate of drug-likeness (QED) is 0.477. The zero-order valence-electron chi connectivity index (χ0n) is 16.1. The minimum absolute atomic E-state index is 0.00142. The number of ether oxygens (including phenoxy) is 2. The van der Waals surface area contributed by atoms with Gasteiger partial charge in [-0.1, -0.05) is 0 Å². The number of carbonyl (C=O) groups excluding carboxylic acids is 2. The Morgan fingerprint density at radius 1 is 1.29 bits per heavy atom. The first kappa shape index (κ1) is 20.9. The molecule has 1 amide bonds. The zero-order valence-corrected chi connectivity index (χ0v) is 17.7. The molecule has 1 aromatic rings. The summed E-state index contributed by atoms with van der Waals surface area (Å²) in [5, 5.41) is 0. The maximum atomic E-state index is 12.3. The summed E-state index contributed by atoms with van der Waals surface area (Å²) < 4.78 is 36.0. The fraction of sp³-hybridized carbons (Fsp3) is 0.556. The highest BCUT2D eigenvalue weighted by Gasteiger charge is 2.53. The molecule has 0 spiro atoms. The highest BCUT2D eigenvalue weighted by molar-refractivity contribution is 8.01. The molecule has 0 unspecified atom stereocenters. The third-order valence-electron chi connectivity index (χ3n) is 4.92. The summed E-state index contributed by atoms with van der Waals surface area (Å²) in [5.41, 5.74) is 0. The van der Waals surface area contributed by atoms with E-state index in [2.05, 4.69) is 0 Å². The second kappa shape index (κ2) is 7.92. The van der Waals surface area contributed by atoms with Crippen LogP contribution in [0, 0.1) is 0 Å². The highest BCUT2D eigenvalue weighted by Crippen LogP contribution is 2.47. The normalized spacial score (nSPS) is 24.5. The number of hydrogen-bond donors (Lipinski definition) is 0. The van der Waals surface area contributed by atoms with Gasteiger partial charge < -0.3 is 14.4 Å². The van der Waals surface area contributed by atoms with E-state index in [9.17, 15) is 18.0 Å². The van der Waals surface area contributed by atoms with Crippen LogP contribution >= 0.6 is 11.8 Å². The van der Waals surface area contributed by atoms with Crippen LogP contribution < -0.4 is 4.74 Å². The van der Waals surface area contributed by atoms with E-state index in [-0.39, 0.29) is 28.9 Å². The lowest BCUT2D eigenvalue weighted by atomic mass is 10.2. The van der Waals surface area contributed by atoms with Crippen LogP contribution in [0.3, 0.4) is 0 Å². The van der Waals surface area contributed by atoms with Crippen LogP contribution in [0.15, 0.2) is 29.2 Å². The van der Waals surface area contributed by atoms with Crippen LogP contribution in [-0.4, -0.2) is 73.5 Å². The molecule has 2 fully saturated rings. The number of esters is 1. The first-order chi connectivity index (χ1) is 13.1. The lowest BCUT2D eigenvalue weighted by Crippen LogP contribution is -2.46. The van der Waals surface area contributed by atoms with E-state index in [1.165, 1.54) is 26.2 Å². The third kappa shape index (κ3) is 3.99. The van der Waals surface area contributed by atoms with E-state index in [1.807, 2.05) is 6.92 Å². The fourth-order valence-corrected chi connectivity index (χ4v) is 5.63. The summed E-state index contributed by atoms with van der Waals surface area (Å²) in [4.78, 5) is 25.9. The SMILES string of the molecule is CN(C)S(=O)(=O)c1ccc(OCCOC(=O)[C@@H]2CS[C@]3(C)CCC(=O)N23)cc1. The summed E-state index contributed by atoms with van der Waals surface area (Å²) in [6.07, 6.45) is 1.22. The van der Waals surface area contributed by atoms with Gasteiger partial charge in [-0.15, -0.1) is 11.8 Å². The molecule has 3 rings (SSSR count). The van der Waals surface area contributed by atoms with Gasteiger partial charge in [0.05, 0.1) is 9.77 Å². The van der Waals surface area contributed by atoms with E-state index in [4.69, 9.17) is 9.47 Å². The summed E-state index contributed by atoms with van der Waals surface area (Å²) in [5.74, 6) is 0.609. The minimum atomic E-state index is -3.48. The van der Waals surface area contributed by atoms with Crippen LogP contribution in [0.25, 0.3) is 0 Å². The Kier molecular flexibility index (Phi) is 5.92. The molecule has 0 bridgehead atoms. The Labute approximate surface area is 169 Å². The highest BCUT2D eigenvalue weighted by atomic mass is 32.2. The average molecular weight is 429 g/mol. The molecular weight excluding hydrogens is 404 g/mol. The maximum absolute atomic E-state index is 12.3. The largest absolute Gasteiger partial charge is 0.490 e. The molecule has 0 saturated carbocycles. The zero-order chi connectivity index (χ0) is 20.5. The van der Waals surface area contributed by atoms with Crippen LogP contribution in [0.2, 0.25) is 0 Å². The topological polar surface area (TPSA) is 93.2 Å². The number of carbonyl (C=O) groups is 2. The standard InChI is InChI=1S/C18H24N2O6S2/c1-18-9-8-16(21)20(18)15(12-27-18)17(22)26-11-10-25-13-4-6-14(7-5-13)28(23,24)19(2)3/h4-7,15H,8-12H2,1-3H3/t15-,18+/m0/s1. The Hall–Kier alpha value is -1.78. The van der Waals surface area contributed by atoms with Crippen molar-refractivity contribution in [1.29, 1.82) is 0 Å². The molecule has 2 atom stereocenters. The monoisotopic (exact) mass is 428 g/mol. The van der Waals surface area contributed by atoms with Crippen molar-refractivity contribution in [3.63, 3.8) is 0 Å². The van der Waals surface area contributed by atoms with Gasteiger partial charge in [-0.3, -0.25) is 4.79 Å². The number of thioether (sulfide) groups is 1. The number of benzene rings is 1. The molecule has 2 aliphatic heterocycles. The van der Waals surface area contributed by atoms with Gasteiger partial charge in [0.1, 0.15) is 25.0 Å². The molecule has 0 aromatic heterocycles. The number of rotatable bonds is 7. The van der Waals surface area contributed by atoms with Crippen LogP contribution in [-0.2, 0) is 24.3 Å². The summed E-state index contributed by atoms with van der Waals surface area (Å²) in [7, 11) is -0.547. The van der Waals surface area contributed by atoms with E-state index >= 15 is 0 Å². The van der Waals surface area contributed by atoms with Crippen molar-refractivity contribution < 1.29 is 27.5 Å². The van der Waals surface area contributed by atoms with Crippen molar-refractivity contribution in [2.24, 2.45) is 0 Å². The van der Waals surface area contributed by atoms with Crippen molar-refractivity contribution in [3.8, 4) is 5.75 Å². The lowest BCUT2D eigenvalue weighted by Gasteiger charge is -2.29. The Bertz CT molecular complexity index is 855. The summed E-state index contributed by atoms with van der Waals surface area (Å²) >= 11 is 1.62. The lowest BCUT2D eigenvalue weighted by molar-refractivity contribution is -0.154. The third-order valence-corrected chi connectivity index (χ3v) is 8.25. The summed E-state index contributed by atoms with van der Waals surface area (Å²) in [6.45, 7) is 2.17.